The van der Waals surface area contributed by atoms with Crippen molar-refractivity contribution in [3.05, 3.63) is 11.6 Å². The van der Waals surface area contributed by atoms with Crippen LogP contribution in [0, 0.1) is 5.92 Å². The van der Waals surface area contributed by atoms with Crippen molar-refractivity contribution in [3.63, 3.8) is 0 Å². The summed E-state index contributed by atoms with van der Waals surface area (Å²) in [6, 6.07) is 0. The van der Waals surface area contributed by atoms with Crippen LogP contribution in [0.25, 0.3) is 0 Å². The molecule has 0 aliphatic heterocycles. The largest absolute Gasteiger partial charge is 0.362 e. The van der Waals surface area contributed by atoms with Gasteiger partial charge in [0.1, 0.15) is 0 Å². The van der Waals surface area contributed by atoms with Gasteiger partial charge in [-0.15, -0.1) is 0 Å². The first-order valence-electron chi connectivity index (χ1n) is 2.93. The van der Waals surface area contributed by atoms with E-state index >= 15 is 0 Å². The zero-order chi connectivity index (χ0) is 7.44. The van der Waals surface area contributed by atoms with Crippen LogP contribution in [0.5, 0.6) is 0 Å². The van der Waals surface area contributed by atoms with Crippen molar-refractivity contribution in [2.24, 2.45) is 5.92 Å². The Morgan fingerprint density at radius 2 is 2.00 bits per heavy atom. The van der Waals surface area contributed by atoms with Crippen molar-refractivity contribution in [2.45, 2.75) is 20.8 Å². The standard InChI is InChI=1S/C7H11O2/c1-4-5(2)6(3)7(8)9/h4,6H,1-3H3/b5-4+. The van der Waals surface area contributed by atoms with Crippen LogP contribution in [0.3, 0.4) is 0 Å². The van der Waals surface area contributed by atoms with Crippen LogP contribution in [0.4, 0.5) is 0 Å². The zero-order valence-electron chi connectivity index (χ0n) is 5.97. The first kappa shape index (κ1) is 8.21. The van der Waals surface area contributed by atoms with Crippen molar-refractivity contribution >= 4 is 5.97 Å². The molecule has 0 bridgehead atoms. The second-order valence-corrected chi connectivity index (χ2v) is 2.07. The lowest BCUT2D eigenvalue weighted by molar-refractivity contribution is -0.146. The van der Waals surface area contributed by atoms with Crippen molar-refractivity contribution in [1.29, 1.82) is 0 Å². The van der Waals surface area contributed by atoms with E-state index in [4.69, 9.17) is 0 Å². The molecular weight excluding hydrogens is 116 g/mol. The highest BCUT2D eigenvalue weighted by atomic mass is 16.4. The fourth-order valence-electron chi connectivity index (χ4n) is 0.436. The molecule has 0 aliphatic carbocycles. The summed E-state index contributed by atoms with van der Waals surface area (Å²) in [6.07, 6.45) is 1.78. The van der Waals surface area contributed by atoms with Gasteiger partial charge in [-0.1, -0.05) is 11.6 Å². The van der Waals surface area contributed by atoms with Gasteiger partial charge < -0.3 is 0 Å². The van der Waals surface area contributed by atoms with Gasteiger partial charge in [-0.3, -0.25) is 0 Å². The smallest absolute Gasteiger partial charge is 0.247 e. The summed E-state index contributed by atoms with van der Waals surface area (Å²) in [5.74, 6) is -1.46. The first-order chi connectivity index (χ1) is 4.09. The van der Waals surface area contributed by atoms with Crippen molar-refractivity contribution < 1.29 is 9.90 Å². The molecule has 1 atom stereocenters. The normalized spacial score (nSPS) is 15.2. The van der Waals surface area contributed by atoms with Crippen LogP contribution in [0.2, 0.25) is 0 Å². The first-order valence-corrected chi connectivity index (χ1v) is 2.93. The molecule has 2 nitrogen and oxygen atoms in total. The van der Waals surface area contributed by atoms with E-state index in [0.717, 1.165) is 5.57 Å². The number of hydrogen-bond acceptors (Lipinski definition) is 1. The van der Waals surface area contributed by atoms with E-state index < -0.39 is 11.9 Å². The summed E-state index contributed by atoms with van der Waals surface area (Å²) >= 11 is 0. The van der Waals surface area contributed by atoms with E-state index in [1.165, 1.54) is 0 Å². The Hall–Kier alpha value is -0.790. The fourth-order valence-corrected chi connectivity index (χ4v) is 0.436. The maximum absolute atomic E-state index is 10.1. The molecule has 0 aromatic rings. The van der Waals surface area contributed by atoms with Gasteiger partial charge in [-0.25, -0.2) is 9.90 Å². The monoisotopic (exact) mass is 127 g/mol. The summed E-state index contributed by atoms with van der Waals surface area (Å²) < 4.78 is 0. The number of carbonyl (C=O) groups is 1. The Kier molecular flexibility index (Phi) is 2.99. The lowest BCUT2D eigenvalue weighted by atomic mass is 10.0. The van der Waals surface area contributed by atoms with Crippen molar-refractivity contribution in [3.8, 4) is 0 Å². The maximum Gasteiger partial charge on any atom is 0.362 e. The number of hydrogen-bond donors (Lipinski definition) is 0. The molecule has 0 saturated carbocycles. The molecule has 1 unspecified atom stereocenters. The minimum Gasteiger partial charge on any atom is -0.247 e. The molecule has 0 fully saturated rings. The van der Waals surface area contributed by atoms with Crippen LogP contribution >= 0.6 is 0 Å². The van der Waals surface area contributed by atoms with Crippen LogP contribution < -0.4 is 0 Å². The van der Waals surface area contributed by atoms with E-state index in [1.54, 1.807) is 19.9 Å². The zero-order valence-corrected chi connectivity index (χ0v) is 5.97. The molecule has 0 aromatic heterocycles. The molecule has 0 spiro atoms. The van der Waals surface area contributed by atoms with Gasteiger partial charge >= 0.3 is 5.97 Å². The highest BCUT2D eigenvalue weighted by Crippen LogP contribution is 2.08. The third kappa shape index (κ3) is 2.31. The molecule has 1 radical (unpaired) electrons. The second kappa shape index (κ2) is 3.28. The SMILES string of the molecule is C/C=C(\C)C(C)C([O])=O. The lowest BCUT2D eigenvalue weighted by Gasteiger charge is -2.01. The summed E-state index contributed by atoms with van der Waals surface area (Å²) in [7, 11) is 0. The molecular formula is C7H11O2. The fraction of sp³-hybridized carbons (Fsp3) is 0.571. The Labute approximate surface area is 55.2 Å². The number of carbonyl (C=O) groups excluding carboxylic acids is 1. The quantitative estimate of drug-likeness (QED) is 0.518. The minimum atomic E-state index is -1.01. The summed E-state index contributed by atoms with van der Waals surface area (Å²) in [5.41, 5.74) is 0.843. The highest BCUT2D eigenvalue weighted by Gasteiger charge is 2.13. The van der Waals surface area contributed by atoms with E-state index in [2.05, 4.69) is 0 Å². The van der Waals surface area contributed by atoms with E-state index in [9.17, 15) is 9.90 Å². The third-order valence-corrected chi connectivity index (χ3v) is 1.49. The van der Waals surface area contributed by atoms with E-state index in [-0.39, 0.29) is 0 Å². The number of rotatable bonds is 2. The molecule has 0 aromatic carbocycles. The van der Waals surface area contributed by atoms with Gasteiger partial charge in [0, 0.05) is 0 Å². The van der Waals surface area contributed by atoms with Crippen LogP contribution in [0.15, 0.2) is 11.6 Å². The average Bonchev–Trinajstić information content (AvgIpc) is 1.84. The molecule has 9 heavy (non-hydrogen) atoms. The van der Waals surface area contributed by atoms with Crippen LogP contribution in [0.1, 0.15) is 20.8 Å². The summed E-state index contributed by atoms with van der Waals surface area (Å²) in [6.45, 7) is 5.21. The Balaban J connectivity index is 4.04. The predicted molar refractivity (Wildman–Crippen MR) is 34.3 cm³/mol. The molecule has 0 aliphatic rings. The van der Waals surface area contributed by atoms with Gasteiger partial charge in [-0.05, 0) is 20.8 Å². The highest BCUT2D eigenvalue weighted by molar-refractivity contribution is 5.72. The van der Waals surface area contributed by atoms with E-state index in [1.807, 2.05) is 6.92 Å². The van der Waals surface area contributed by atoms with Gasteiger partial charge in [0.15, 0.2) is 0 Å². The Morgan fingerprint density at radius 1 is 1.56 bits per heavy atom. The topological polar surface area (TPSA) is 37.0 Å². The molecule has 2 heteroatoms. The van der Waals surface area contributed by atoms with E-state index in [0.29, 0.717) is 0 Å². The Morgan fingerprint density at radius 3 is 2.11 bits per heavy atom. The van der Waals surface area contributed by atoms with Crippen molar-refractivity contribution in [1.82, 2.24) is 0 Å². The molecule has 0 saturated heterocycles. The molecule has 51 valence electrons. The van der Waals surface area contributed by atoms with Crippen molar-refractivity contribution in [2.75, 3.05) is 0 Å². The molecule has 0 rings (SSSR count). The van der Waals surface area contributed by atoms with Gasteiger partial charge in [0.25, 0.3) is 0 Å². The van der Waals surface area contributed by atoms with Gasteiger partial charge in [0.05, 0.1) is 5.92 Å². The summed E-state index contributed by atoms with van der Waals surface area (Å²) in [5, 5.41) is 10.1. The maximum atomic E-state index is 10.1. The third-order valence-electron chi connectivity index (χ3n) is 1.49. The second-order valence-electron chi connectivity index (χ2n) is 2.07. The van der Waals surface area contributed by atoms with Gasteiger partial charge in [0.2, 0.25) is 0 Å². The molecule has 0 amide bonds. The average molecular weight is 127 g/mol. The summed E-state index contributed by atoms with van der Waals surface area (Å²) in [4.78, 5) is 10.1. The molecule has 0 N–H and O–H groups in total. The van der Waals surface area contributed by atoms with Gasteiger partial charge in [-0.2, -0.15) is 0 Å². The number of allylic oxidation sites excluding steroid dienone is 1. The van der Waals surface area contributed by atoms with Crippen LogP contribution in [-0.2, 0) is 9.90 Å². The lowest BCUT2D eigenvalue weighted by Crippen LogP contribution is -2.08. The Bertz CT molecular complexity index is 136. The predicted octanol–water partition coefficient (Wildman–Crippen LogP) is 1.55. The van der Waals surface area contributed by atoms with Crippen LogP contribution in [-0.4, -0.2) is 5.97 Å². The minimum absolute atomic E-state index is 0.449. The molecule has 0 heterocycles.